The van der Waals surface area contributed by atoms with Crippen molar-refractivity contribution in [3.8, 4) is 84.7 Å². The molecule has 2 aliphatic carbocycles. The minimum absolute atomic E-state index is 0. The summed E-state index contributed by atoms with van der Waals surface area (Å²) in [5.74, 6) is -35.0. The highest BCUT2D eigenvalue weighted by Gasteiger charge is 2.82. The minimum Gasteiger partial charge on any atom is -0.504 e. The van der Waals surface area contributed by atoms with Gasteiger partial charge in [0, 0.05) is 108 Å². The topological polar surface area (TPSA) is 85.2 Å². The predicted molar refractivity (Wildman–Crippen MR) is 471 cm³/mol. The highest BCUT2D eigenvalue weighted by atomic mass is 127. The number of hydrogen-bond donors (Lipinski definition) is 2. The Kier molecular flexibility index (Phi) is 24.4. The molecule has 14 rings (SSSR count). The van der Waals surface area contributed by atoms with Crippen LogP contribution in [0, 0.1) is 0 Å². The lowest BCUT2D eigenvalue weighted by atomic mass is 9.86. The Labute approximate surface area is 708 Å². The second kappa shape index (κ2) is 31.1. The van der Waals surface area contributed by atoms with Gasteiger partial charge in [-0.2, -0.15) is 52.7 Å². The average molecular weight is 1830 g/mol. The molecule has 622 valence electrons. The first-order valence-electron chi connectivity index (χ1n) is 36.3. The van der Waals surface area contributed by atoms with Crippen molar-refractivity contribution in [1.82, 2.24) is 0 Å². The second-order valence-corrected chi connectivity index (χ2v) is 40.5. The molecular formula is C91H95F12IO6S6. The molecule has 0 unspecified atom stereocenters. The second-order valence-electron chi connectivity index (χ2n) is 34.8. The lowest BCUT2D eigenvalue weighted by molar-refractivity contribution is -0.254. The fourth-order valence-corrected chi connectivity index (χ4v) is 21.0. The molecule has 0 bridgehead atoms. The van der Waals surface area contributed by atoms with E-state index in [1.807, 2.05) is 169 Å². The Bertz CT molecular complexity index is 5730. The largest absolute Gasteiger partial charge is 0.504 e. The molecule has 4 aromatic carbocycles. The molecule has 0 radical (unpaired) electrons. The van der Waals surface area contributed by atoms with Gasteiger partial charge in [-0.15, -0.1) is 68.0 Å². The summed E-state index contributed by atoms with van der Waals surface area (Å²) in [6, 6.07) is 28.0. The molecule has 25 heteroatoms. The highest BCUT2D eigenvalue weighted by molar-refractivity contribution is 14.1. The van der Waals surface area contributed by atoms with E-state index in [0.717, 1.165) is 68.2 Å². The molecule has 6 nitrogen and oxygen atoms in total. The quantitative estimate of drug-likeness (QED) is 0.0549. The molecular weight excluding hydrogens is 1740 g/mol. The van der Waals surface area contributed by atoms with E-state index < -0.39 is 91.8 Å². The van der Waals surface area contributed by atoms with Gasteiger partial charge in [-0.25, -0.2) is 0 Å². The van der Waals surface area contributed by atoms with Crippen LogP contribution < -0.4 is 9.47 Å². The van der Waals surface area contributed by atoms with E-state index in [2.05, 4.69) is 22.6 Å². The summed E-state index contributed by atoms with van der Waals surface area (Å²) in [4.78, 5) is 5.60. The summed E-state index contributed by atoms with van der Waals surface area (Å²) in [6.07, 6.45) is 0. The minimum atomic E-state index is -5.87. The standard InChI is InChI=1S/C45H44F6O3S3.C43H40F6O3S3.CH3I.2CH4/c1-40(2,3)24-14-12-23(13-15-24)38-35(27-18-30(52-10)31(53-11)20-29(27)54-38)37-36(43(46,47)45(50,51)44(37,48)49)28-19-33(32-16-25(21-55-32)41(4,5)6)57-39(28)34-17-26(22-56-34)42(7,8)9;1-38(2,3)22-12-10-21(11-13-22)36-33(25-16-27(50)28(51)18-29(25)52-36)35-34(41(44,45)43(48,49)42(35,46)47)26-17-31(30-14-23(19-53-30)39(4,5)6)55-37(26)32-15-24(20-54-32)40(7,8)9;1-2;;/h12-22H,1-11H3;10-20,50-51H,1-9H3;1H3;2*1H4. The molecule has 2 aliphatic rings. The third-order valence-corrected chi connectivity index (χ3v) is 27.4. The van der Waals surface area contributed by atoms with Crippen LogP contribution >= 0.6 is 90.6 Å². The normalized spacial score (nSPS) is 16.5. The van der Waals surface area contributed by atoms with E-state index in [9.17, 15) is 10.2 Å². The number of rotatable bonds is 12. The number of ether oxygens (including phenoxy) is 2. The van der Waals surface area contributed by atoms with E-state index in [1.54, 1.807) is 54.6 Å². The number of hydrogen-bond acceptors (Lipinski definition) is 12. The van der Waals surface area contributed by atoms with Crippen molar-refractivity contribution < 1.29 is 81.2 Å². The fraction of sp³-hybridized carbons (Fsp3) is 0.385. The van der Waals surface area contributed by atoms with E-state index in [4.69, 9.17) is 18.3 Å². The highest BCUT2D eigenvalue weighted by Crippen LogP contribution is 2.70. The molecule has 0 aliphatic heterocycles. The first-order valence-corrected chi connectivity index (χ1v) is 43.6. The Morgan fingerprint density at radius 2 is 0.612 bits per heavy atom. The summed E-state index contributed by atoms with van der Waals surface area (Å²) >= 11 is 9.56. The lowest BCUT2D eigenvalue weighted by Crippen LogP contribution is -2.48. The molecule has 0 atom stereocenters. The molecule has 8 heterocycles. The van der Waals surface area contributed by atoms with Crippen LogP contribution in [0.15, 0.2) is 140 Å². The van der Waals surface area contributed by atoms with Gasteiger partial charge in [0.2, 0.25) is 0 Å². The smallest absolute Gasteiger partial charge is 0.380 e. The van der Waals surface area contributed by atoms with Gasteiger partial charge < -0.3 is 28.5 Å². The maximum Gasteiger partial charge on any atom is 0.380 e. The zero-order chi connectivity index (χ0) is 84.3. The van der Waals surface area contributed by atoms with Crippen LogP contribution in [0.4, 0.5) is 52.7 Å². The van der Waals surface area contributed by atoms with E-state index in [-0.39, 0.29) is 113 Å². The Balaban J connectivity index is 0.000000236. The van der Waals surface area contributed by atoms with Crippen LogP contribution in [-0.2, 0) is 32.5 Å². The van der Waals surface area contributed by atoms with Gasteiger partial charge in [-0.05, 0) is 141 Å². The summed E-state index contributed by atoms with van der Waals surface area (Å²) in [7, 11) is 2.70. The van der Waals surface area contributed by atoms with Crippen molar-refractivity contribution in [2.75, 3.05) is 19.2 Å². The monoisotopic (exact) mass is 1830 g/mol. The number of furan rings is 2. The molecule has 0 spiro atoms. The number of thiophene rings is 6. The van der Waals surface area contributed by atoms with Gasteiger partial charge in [0.1, 0.15) is 22.7 Å². The number of halogens is 13. The summed E-state index contributed by atoms with van der Waals surface area (Å²) in [6.45, 7) is 36.0. The van der Waals surface area contributed by atoms with E-state index in [0.29, 0.717) is 29.3 Å². The van der Waals surface area contributed by atoms with Crippen LogP contribution in [0.2, 0.25) is 0 Å². The fourth-order valence-electron chi connectivity index (χ4n) is 13.7. The molecule has 0 fully saturated rings. The van der Waals surface area contributed by atoms with Gasteiger partial charge >= 0.3 is 35.5 Å². The van der Waals surface area contributed by atoms with Gasteiger partial charge in [-0.1, -0.05) is 211 Å². The molecule has 12 aromatic rings. The summed E-state index contributed by atoms with van der Waals surface area (Å²) < 4.78 is 222. The SMILES string of the molecule is C.C.CC(C)(C)c1ccc(-c2oc3cc(O)c(O)cc3c2C2=C(c3cc(-c4cc(C(C)(C)C)cs4)sc3-c3cc(C(C)(C)C)cs3)C(F)(F)C(F)(F)C2(F)F)cc1.CI.COc1cc2oc(-c3ccc(C(C)(C)C)cc3)c(C3=C(c4cc(-c5cc(C(C)(C)C)cs5)sc4-c4cc(C(C)(C)C)cs4)C(F)(F)C(F)(F)C3(F)F)c2cc1OC. The average Bonchev–Trinajstić information content (AvgIpc) is 1.52. The Morgan fingerprint density at radius 1 is 0.336 bits per heavy atom. The van der Waals surface area contributed by atoms with Crippen LogP contribution in [0.25, 0.3) is 106 Å². The molecule has 0 saturated carbocycles. The van der Waals surface area contributed by atoms with Crippen molar-refractivity contribution in [2.45, 2.75) is 208 Å². The molecule has 116 heavy (non-hydrogen) atoms. The van der Waals surface area contributed by atoms with Gasteiger partial charge in [-0.3, -0.25) is 0 Å². The number of methoxy groups -OCH3 is 2. The van der Waals surface area contributed by atoms with Gasteiger partial charge in [0.25, 0.3) is 0 Å². The van der Waals surface area contributed by atoms with Gasteiger partial charge in [0.05, 0.1) is 24.0 Å². The number of fused-ring (bicyclic) bond motifs is 2. The third-order valence-electron chi connectivity index (χ3n) is 20.6. The number of phenols is 2. The predicted octanol–water partition coefficient (Wildman–Crippen LogP) is 32.4. The van der Waals surface area contributed by atoms with Crippen LogP contribution in [0.1, 0.15) is 195 Å². The van der Waals surface area contributed by atoms with Crippen molar-refractivity contribution in [3.63, 3.8) is 0 Å². The zero-order valence-corrected chi connectivity index (χ0v) is 73.6. The maximum atomic E-state index is 16.9. The lowest BCUT2D eigenvalue weighted by Gasteiger charge is -2.26. The zero-order valence-electron chi connectivity index (χ0n) is 66.6. The third kappa shape index (κ3) is 15.6. The van der Waals surface area contributed by atoms with Crippen LogP contribution in [0.3, 0.4) is 0 Å². The van der Waals surface area contributed by atoms with Gasteiger partial charge in [0.15, 0.2) is 23.0 Å². The summed E-state index contributed by atoms with van der Waals surface area (Å²) in [5, 5.41) is 28.1. The Morgan fingerprint density at radius 3 is 0.922 bits per heavy atom. The number of benzene rings is 4. The number of aromatic hydroxyl groups is 2. The molecule has 0 saturated heterocycles. The number of allylic oxidation sites excluding steroid dienone is 4. The Hall–Kier alpha value is -7.27. The number of alkyl halides is 13. The number of phenolic OH excluding ortho intramolecular Hbond substituents is 2. The van der Waals surface area contributed by atoms with Crippen molar-refractivity contribution in [1.29, 1.82) is 0 Å². The molecule has 2 N–H and O–H groups in total. The van der Waals surface area contributed by atoms with Crippen molar-refractivity contribution in [2.24, 2.45) is 0 Å². The first kappa shape index (κ1) is 91.0. The molecule has 8 aromatic heterocycles. The van der Waals surface area contributed by atoms with Crippen molar-refractivity contribution in [3.05, 3.63) is 186 Å². The van der Waals surface area contributed by atoms with Crippen LogP contribution in [-0.4, -0.2) is 64.9 Å². The van der Waals surface area contributed by atoms with Crippen LogP contribution in [0.5, 0.6) is 23.0 Å². The summed E-state index contributed by atoms with van der Waals surface area (Å²) in [5.41, 5.74) is -4.45. The maximum absolute atomic E-state index is 16.9. The first-order chi connectivity index (χ1) is 52.6. The van der Waals surface area contributed by atoms with E-state index >= 15 is 52.7 Å². The molecule has 0 amide bonds. The van der Waals surface area contributed by atoms with E-state index in [1.165, 1.54) is 83.8 Å². The van der Waals surface area contributed by atoms with Crippen molar-refractivity contribution >= 4 is 135 Å².